The van der Waals surface area contributed by atoms with E-state index in [2.05, 4.69) is 49.0 Å². The number of amides is 5. The number of carbonyl (C=O) groups is 4. The Labute approximate surface area is 215 Å². The van der Waals surface area contributed by atoms with Crippen LogP contribution in [0.3, 0.4) is 0 Å². The molecule has 0 saturated carbocycles. The van der Waals surface area contributed by atoms with Crippen molar-refractivity contribution in [2.45, 2.75) is 92.2 Å². The molecule has 0 aliphatic heterocycles. The van der Waals surface area contributed by atoms with E-state index in [1.807, 2.05) is 38.1 Å². The number of benzene rings is 1. The average Bonchev–Trinajstić information content (AvgIpc) is 2.78. The van der Waals surface area contributed by atoms with Crippen molar-refractivity contribution < 1.29 is 19.2 Å². The molecule has 0 spiro atoms. The number of hydrogen-bond donors (Lipinski definition) is 5. The monoisotopic (exact) mass is 503 g/mol. The first-order valence-electron chi connectivity index (χ1n) is 12.8. The van der Waals surface area contributed by atoms with Crippen LogP contribution >= 0.6 is 0 Å². The summed E-state index contributed by atoms with van der Waals surface area (Å²) in [6.07, 6.45) is 3.72. The Kier molecular flexibility index (Phi) is 13.0. The van der Waals surface area contributed by atoms with E-state index in [1.54, 1.807) is 0 Å². The van der Waals surface area contributed by atoms with Gasteiger partial charge in [0.15, 0.2) is 0 Å². The van der Waals surface area contributed by atoms with Crippen molar-refractivity contribution in [1.82, 2.24) is 16.0 Å². The molecule has 0 heterocycles. The third-order valence-electron chi connectivity index (χ3n) is 5.73. The summed E-state index contributed by atoms with van der Waals surface area (Å²) in [4.78, 5) is 49.7. The zero-order chi connectivity index (χ0) is 27.3. The highest BCUT2D eigenvalue weighted by Gasteiger charge is 2.29. The molecule has 1 aromatic carbocycles. The fourth-order valence-corrected chi connectivity index (χ4v) is 3.59. The molecule has 9 heteroatoms. The van der Waals surface area contributed by atoms with Gasteiger partial charge >= 0.3 is 6.03 Å². The molecule has 6 N–H and O–H groups in total. The highest BCUT2D eigenvalue weighted by atomic mass is 16.2. The molecule has 0 saturated heterocycles. The SMILES string of the molecule is CCCc1ccc(NC(=O)[C@H](CCCNC(N)=O)NC(=O)C(NC(=O)CCC(C)(C)C)C(C)C)cc1. The highest BCUT2D eigenvalue weighted by Crippen LogP contribution is 2.20. The van der Waals surface area contributed by atoms with Gasteiger partial charge in [0.1, 0.15) is 12.1 Å². The van der Waals surface area contributed by atoms with E-state index in [-0.39, 0.29) is 36.1 Å². The average molecular weight is 504 g/mol. The highest BCUT2D eigenvalue weighted by molar-refractivity contribution is 5.98. The summed E-state index contributed by atoms with van der Waals surface area (Å²) in [6, 6.07) is 5.33. The molecule has 1 unspecified atom stereocenters. The molecule has 0 fully saturated rings. The van der Waals surface area contributed by atoms with Gasteiger partial charge in [-0.2, -0.15) is 0 Å². The lowest BCUT2D eigenvalue weighted by molar-refractivity contribution is -0.132. The van der Waals surface area contributed by atoms with Crippen LogP contribution in [-0.2, 0) is 20.8 Å². The van der Waals surface area contributed by atoms with Gasteiger partial charge in [-0.25, -0.2) is 4.79 Å². The van der Waals surface area contributed by atoms with E-state index >= 15 is 0 Å². The smallest absolute Gasteiger partial charge is 0.312 e. The predicted molar refractivity (Wildman–Crippen MR) is 143 cm³/mol. The van der Waals surface area contributed by atoms with E-state index in [4.69, 9.17) is 5.73 Å². The third kappa shape index (κ3) is 12.6. The third-order valence-corrected chi connectivity index (χ3v) is 5.73. The number of urea groups is 1. The summed E-state index contributed by atoms with van der Waals surface area (Å²) < 4.78 is 0. The van der Waals surface area contributed by atoms with Crippen LogP contribution in [0.25, 0.3) is 0 Å². The van der Waals surface area contributed by atoms with Gasteiger partial charge in [0.25, 0.3) is 0 Å². The molecule has 9 nitrogen and oxygen atoms in total. The maximum atomic E-state index is 13.2. The Morgan fingerprint density at radius 3 is 2.14 bits per heavy atom. The summed E-state index contributed by atoms with van der Waals surface area (Å²) in [5, 5.41) is 11.0. The first-order valence-corrected chi connectivity index (χ1v) is 12.8. The summed E-state index contributed by atoms with van der Waals surface area (Å²) in [5.74, 6) is -1.16. The molecule has 0 aromatic heterocycles. The van der Waals surface area contributed by atoms with E-state index in [0.717, 1.165) is 12.8 Å². The largest absolute Gasteiger partial charge is 0.352 e. The van der Waals surface area contributed by atoms with Crippen molar-refractivity contribution in [2.24, 2.45) is 17.1 Å². The summed E-state index contributed by atoms with van der Waals surface area (Å²) in [5.41, 5.74) is 6.93. The Morgan fingerprint density at radius 1 is 0.972 bits per heavy atom. The Balaban J connectivity index is 2.90. The molecule has 5 amide bonds. The maximum absolute atomic E-state index is 13.2. The zero-order valence-corrected chi connectivity index (χ0v) is 22.7. The maximum Gasteiger partial charge on any atom is 0.312 e. The number of nitrogens with one attached hydrogen (secondary N) is 4. The fourth-order valence-electron chi connectivity index (χ4n) is 3.59. The van der Waals surface area contributed by atoms with Gasteiger partial charge in [-0.1, -0.05) is 60.1 Å². The van der Waals surface area contributed by atoms with Crippen molar-refractivity contribution in [1.29, 1.82) is 0 Å². The van der Waals surface area contributed by atoms with Crippen molar-refractivity contribution in [3.05, 3.63) is 29.8 Å². The standard InChI is InChI=1S/C27H45N5O4/c1-7-9-19-11-13-20(14-12-19)30-24(34)21(10-8-17-29-26(28)36)31-25(35)23(18(2)3)32-22(33)15-16-27(4,5)6/h11-14,18,21,23H,7-10,15-17H2,1-6H3,(H,30,34)(H,31,35)(H,32,33)(H3,28,29,36)/t21-,23?/m0/s1. The molecule has 0 bridgehead atoms. The van der Waals surface area contributed by atoms with E-state index < -0.39 is 24.0 Å². The van der Waals surface area contributed by atoms with Crippen LogP contribution < -0.4 is 27.0 Å². The first-order chi connectivity index (χ1) is 16.8. The minimum absolute atomic E-state index is 0.00377. The second kappa shape index (κ2) is 15.1. The molecule has 202 valence electrons. The number of primary amides is 1. The van der Waals surface area contributed by atoms with Gasteiger partial charge in [-0.15, -0.1) is 0 Å². The molecule has 36 heavy (non-hydrogen) atoms. The number of aryl methyl sites for hydroxylation is 1. The quantitative estimate of drug-likeness (QED) is 0.248. The lowest BCUT2D eigenvalue weighted by atomic mass is 9.90. The lowest BCUT2D eigenvalue weighted by Crippen LogP contribution is -2.54. The summed E-state index contributed by atoms with van der Waals surface area (Å²) >= 11 is 0. The summed E-state index contributed by atoms with van der Waals surface area (Å²) in [6.45, 7) is 12.2. The normalized spacial score (nSPS) is 13.0. The molecule has 1 aromatic rings. The zero-order valence-electron chi connectivity index (χ0n) is 22.7. The molecule has 1 rings (SSSR count). The second-order valence-electron chi connectivity index (χ2n) is 10.8. The van der Waals surface area contributed by atoms with Gasteiger partial charge in [0.2, 0.25) is 17.7 Å². The van der Waals surface area contributed by atoms with E-state index in [0.29, 0.717) is 24.9 Å². The lowest BCUT2D eigenvalue weighted by Gasteiger charge is -2.26. The molecular formula is C27H45N5O4. The fraction of sp³-hybridized carbons (Fsp3) is 0.630. The Bertz CT molecular complexity index is 862. The van der Waals surface area contributed by atoms with E-state index in [1.165, 1.54) is 5.56 Å². The van der Waals surface area contributed by atoms with Crippen molar-refractivity contribution >= 4 is 29.4 Å². The number of hydrogen-bond acceptors (Lipinski definition) is 4. The minimum atomic E-state index is -0.852. The van der Waals surface area contributed by atoms with E-state index in [9.17, 15) is 19.2 Å². The Hall–Kier alpha value is -3.10. The van der Waals surface area contributed by atoms with Crippen LogP contribution in [0.2, 0.25) is 0 Å². The van der Waals surface area contributed by atoms with Crippen molar-refractivity contribution in [3.63, 3.8) is 0 Å². The van der Waals surface area contributed by atoms with Gasteiger partial charge in [-0.3, -0.25) is 14.4 Å². The van der Waals surface area contributed by atoms with Gasteiger partial charge < -0.3 is 27.0 Å². The number of rotatable bonds is 14. The van der Waals surface area contributed by atoms with Crippen LogP contribution in [0.1, 0.15) is 79.2 Å². The Morgan fingerprint density at radius 2 is 1.61 bits per heavy atom. The molecule has 0 aliphatic carbocycles. The van der Waals surface area contributed by atoms with Crippen LogP contribution in [0.5, 0.6) is 0 Å². The number of carbonyl (C=O) groups excluding carboxylic acids is 4. The second-order valence-corrected chi connectivity index (χ2v) is 10.8. The molecule has 2 atom stereocenters. The van der Waals surface area contributed by atoms with Crippen LogP contribution in [0.4, 0.5) is 10.5 Å². The number of anilines is 1. The molecule has 0 aliphatic rings. The summed E-state index contributed by atoms with van der Waals surface area (Å²) in [7, 11) is 0. The van der Waals surface area contributed by atoms with Crippen molar-refractivity contribution in [2.75, 3.05) is 11.9 Å². The molecular weight excluding hydrogens is 458 g/mol. The van der Waals surface area contributed by atoms with Crippen LogP contribution in [0.15, 0.2) is 24.3 Å². The van der Waals surface area contributed by atoms with Crippen molar-refractivity contribution in [3.8, 4) is 0 Å². The van der Waals surface area contributed by atoms with Crippen LogP contribution in [-0.4, -0.2) is 42.4 Å². The number of nitrogens with two attached hydrogens (primary N) is 1. The van der Waals surface area contributed by atoms with Gasteiger partial charge in [0, 0.05) is 18.7 Å². The topological polar surface area (TPSA) is 142 Å². The molecule has 0 radical (unpaired) electrons. The predicted octanol–water partition coefficient (Wildman–Crippen LogP) is 3.48. The first kappa shape index (κ1) is 30.9. The van der Waals surface area contributed by atoms with Gasteiger partial charge in [-0.05, 0) is 54.7 Å². The van der Waals surface area contributed by atoms with Crippen LogP contribution in [0, 0.1) is 11.3 Å². The van der Waals surface area contributed by atoms with Gasteiger partial charge in [0.05, 0.1) is 0 Å². The minimum Gasteiger partial charge on any atom is -0.352 e.